The second kappa shape index (κ2) is 5.36. The molecule has 1 N–H and O–H groups in total. The lowest BCUT2D eigenvalue weighted by molar-refractivity contribution is -0.158. The van der Waals surface area contributed by atoms with E-state index in [1.807, 2.05) is 13.8 Å². The monoisotopic (exact) mass is 241 g/mol. The van der Waals surface area contributed by atoms with E-state index < -0.39 is 5.54 Å². The average Bonchev–Trinajstić information content (AvgIpc) is 3.10. The predicted octanol–water partition coefficient (Wildman–Crippen LogP) is 1.49. The summed E-state index contributed by atoms with van der Waals surface area (Å²) < 4.78 is 10.8. The van der Waals surface area contributed by atoms with Crippen LogP contribution < -0.4 is 5.32 Å². The average molecular weight is 241 g/mol. The standard InChI is InChI=1S/C13H23NO3/c1-3-16-12(15)13(14-9-11-4-5-11)6-7-17-10(2)8-13/h10-11,14H,3-9H2,1-2H3. The van der Waals surface area contributed by atoms with Gasteiger partial charge in [-0.1, -0.05) is 0 Å². The number of hydrogen-bond donors (Lipinski definition) is 1. The van der Waals surface area contributed by atoms with E-state index >= 15 is 0 Å². The highest BCUT2D eigenvalue weighted by Crippen LogP contribution is 2.31. The van der Waals surface area contributed by atoms with E-state index in [1.165, 1.54) is 12.8 Å². The van der Waals surface area contributed by atoms with Crippen molar-refractivity contribution in [2.24, 2.45) is 5.92 Å². The molecule has 0 spiro atoms. The quantitative estimate of drug-likeness (QED) is 0.741. The van der Waals surface area contributed by atoms with E-state index in [0.717, 1.165) is 25.3 Å². The van der Waals surface area contributed by atoms with Gasteiger partial charge in [0, 0.05) is 13.0 Å². The first-order valence-electron chi connectivity index (χ1n) is 6.70. The van der Waals surface area contributed by atoms with Gasteiger partial charge in [0.2, 0.25) is 0 Å². The normalized spacial score (nSPS) is 33.4. The first kappa shape index (κ1) is 12.8. The van der Waals surface area contributed by atoms with Gasteiger partial charge in [-0.05, 0) is 45.6 Å². The molecule has 0 radical (unpaired) electrons. The van der Waals surface area contributed by atoms with Crippen LogP contribution in [0, 0.1) is 5.92 Å². The topological polar surface area (TPSA) is 47.6 Å². The largest absolute Gasteiger partial charge is 0.465 e. The van der Waals surface area contributed by atoms with Crippen LogP contribution in [0.3, 0.4) is 0 Å². The Labute approximate surface area is 103 Å². The van der Waals surface area contributed by atoms with Crippen LogP contribution >= 0.6 is 0 Å². The number of carbonyl (C=O) groups excluding carboxylic acids is 1. The summed E-state index contributed by atoms with van der Waals surface area (Å²) in [4.78, 5) is 12.2. The molecule has 0 amide bonds. The molecule has 0 aromatic carbocycles. The van der Waals surface area contributed by atoms with E-state index in [1.54, 1.807) is 0 Å². The van der Waals surface area contributed by atoms with Crippen LogP contribution in [-0.2, 0) is 14.3 Å². The Morgan fingerprint density at radius 2 is 2.29 bits per heavy atom. The summed E-state index contributed by atoms with van der Waals surface area (Å²) in [6.07, 6.45) is 4.15. The Morgan fingerprint density at radius 3 is 2.88 bits per heavy atom. The Balaban J connectivity index is 1.99. The number of nitrogens with one attached hydrogen (secondary N) is 1. The lowest BCUT2D eigenvalue weighted by Gasteiger charge is -2.38. The highest BCUT2D eigenvalue weighted by Gasteiger charge is 2.44. The maximum Gasteiger partial charge on any atom is 0.326 e. The molecule has 1 aliphatic heterocycles. The molecule has 4 heteroatoms. The molecule has 4 nitrogen and oxygen atoms in total. The minimum Gasteiger partial charge on any atom is -0.465 e. The van der Waals surface area contributed by atoms with Crippen molar-refractivity contribution in [3.63, 3.8) is 0 Å². The molecule has 2 rings (SSSR count). The highest BCUT2D eigenvalue weighted by atomic mass is 16.5. The van der Waals surface area contributed by atoms with Crippen LogP contribution in [-0.4, -0.2) is 37.4 Å². The fraction of sp³-hybridized carbons (Fsp3) is 0.923. The van der Waals surface area contributed by atoms with Crippen molar-refractivity contribution >= 4 is 5.97 Å². The third-order valence-corrected chi connectivity index (χ3v) is 3.66. The molecule has 2 unspecified atom stereocenters. The van der Waals surface area contributed by atoms with Gasteiger partial charge in [-0.25, -0.2) is 0 Å². The molecule has 1 heterocycles. The third-order valence-electron chi connectivity index (χ3n) is 3.66. The Bertz CT molecular complexity index is 278. The Kier molecular flexibility index (Phi) is 4.05. The summed E-state index contributed by atoms with van der Waals surface area (Å²) in [6.45, 7) is 5.89. The molecular formula is C13H23NO3. The summed E-state index contributed by atoms with van der Waals surface area (Å²) in [5.74, 6) is 0.662. The molecule has 0 aromatic rings. The zero-order valence-electron chi connectivity index (χ0n) is 10.8. The Morgan fingerprint density at radius 1 is 1.53 bits per heavy atom. The molecule has 0 aromatic heterocycles. The zero-order valence-corrected chi connectivity index (χ0v) is 10.8. The Hall–Kier alpha value is -0.610. The molecule has 1 aliphatic carbocycles. The lowest BCUT2D eigenvalue weighted by atomic mass is 9.86. The van der Waals surface area contributed by atoms with Gasteiger partial charge in [-0.15, -0.1) is 0 Å². The van der Waals surface area contributed by atoms with Gasteiger partial charge in [0.25, 0.3) is 0 Å². The molecule has 2 atom stereocenters. The van der Waals surface area contributed by atoms with Crippen molar-refractivity contribution in [2.75, 3.05) is 19.8 Å². The first-order chi connectivity index (χ1) is 8.16. The summed E-state index contributed by atoms with van der Waals surface area (Å²) in [6, 6.07) is 0. The lowest BCUT2D eigenvalue weighted by Crippen LogP contribution is -2.58. The molecule has 17 heavy (non-hydrogen) atoms. The fourth-order valence-electron chi connectivity index (χ4n) is 2.44. The molecule has 2 fully saturated rings. The molecule has 1 saturated heterocycles. The maximum absolute atomic E-state index is 12.2. The molecule has 98 valence electrons. The summed E-state index contributed by atoms with van der Waals surface area (Å²) in [7, 11) is 0. The van der Waals surface area contributed by atoms with Crippen LogP contribution in [0.15, 0.2) is 0 Å². The minimum atomic E-state index is -0.504. The van der Waals surface area contributed by atoms with Crippen molar-refractivity contribution in [3.8, 4) is 0 Å². The van der Waals surface area contributed by atoms with Gasteiger partial charge in [0.1, 0.15) is 5.54 Å². The van der Waals surface area contributed by atoms with E-state index in [4.69, 9.17) is 9.47 Å². The number of hydrogen-bond acceptors (Lipinski definition) is 4. The highest BCUT2D eigenvalue weighted by molar-refractivity contribution is 5.81. The summed E-state index contributed by atoms with van der Waals surface area (Å²) in [5.41, 5.74) is -0.504. The van der Waals surface area contributed by atoms with Crippen molar-refractivity contribution in [1.29, 1.82) is 0 Å². The van der Waals surface area contributed by atoms with Crippen LogP contribution in [0.4, 0.5) is 0 Å². The molecule has 1 saturated carbocycles. The van der Waals surface area contributed by atoms with Gasteiger partial charge < -0.3 is 14.8 Å². The van der Waals surface area contributed by atoms with Crippen LogP contribution in [0.5, 0.6) is 0 Å². The second-order valence-electron chi connectivity index (χ2n) is 5.26. The van der Waals surface area contributed by atoms with Crippen molar-refractivity contribution < 1.29 is 14.3 Å². The molecule has 2 aliphatic rings. The number of esters is 1. The maximum atomic E-state index is 12.2. The third kappa shape index (κ3) is 3.19. The molecular weight excluding hydrogens is 218 g/mol. The summed E-state index contributed by atoms with van der Waals surface area (Å²) >= 11 is 0. The van der Waals surface area contributed by atoms with E-state index in [0.29, 0.717) is 13.2 Å². The minimum absolute atomic E-state index is 0.101. The zero-order chi connectivity index (χ0) is 12.3. The number of rotatable bonds is 5. The van der Waals surface area contributed by atoms with Gasteiger partial charge in [0.05, 0.1) is 12.7 Å². The molecule has 0 bridgehead atoms. The van der Waals surface area contributed by atoms with E-state index in [2.05, 4.69) is 5.32 Å². The van der Waals surface area contributed by atoms with Crippen molar-refractivity contribution in [1.82, 2.24) is 5.32 Å². The van der Waals surface area contributed by atoms with Crippen molar-refractivity contribution in [2.45, 2.75) is 51.2 Å². The first-order valence-corrected chi connectivity index (χ1v) is 6.70. The number of ether oxygens (including phenoxy) is 2. The van der Waals surface area contributed by atoms with Gasteiger partial charge in [-0.3, -0.25) is 4.79 Å². The van der Waals surface area contributed by atoms with E-state index in [-0.39, 0.29) is 12.1 Å². The van der Waals surface area contributed by atoms with Crippen molar-refractivity contribution in [3.05, 3.63) is 0 Å². The summed E-state index contributed by atoms with van der Waals surface area (Å²) in [5, 5.41) is 3.46. The van der Waals surface area contributed by atoms with Crippen LogP contribution in [0.1, 0.15) is 39.5 Å². The second-order valence-corrected chi connectivity index (χ2v) is 5.26. The van der Waals surface area contributed by atoms with Crippen LogP contribution in [0.2, 0.25) is 0 Å². The number of carbonyl (C=O) groups is 1. The van der Waals surface area contributed by atoms with Crippen LogP contribution in [0.25, 0.3) is 0 Å². The van der Waals surface area contributed by atoms with Gasteiger partial charge >= 0.3 is 5.97 Å². The van der Waals surface area contributed by atoms with E-state index in [9.17, 15) is 4.79 Å². The van der Waals surface area contributed by atoms with Gasteiger partial charge in [-0.2, -0.15) is 0 Å². The fourth-order valence-corrected chi connectivity index (χ4v) is 2.44. The smallest absolute Gasteiger partial charge is 0.326 e. The predicted molar refractivity (Wildman–Crippen MR) is 64.7 cm³/mol. The van der Waals surface area contributed by atoms with Gasteiger partial charge in [0.15, 0.2) is 0 Å². The SMILES string of the molecule is CCOC(=O)C1(NCC2CC2)CCOC(C)C1.